The van der Waals surface area contributed by atoms with Crippen molar-refractivity contribution < 1.29 is 18.0 Å². The number of aromatic nitrogens is 2. The average molecular weight is 420 g/mol. The Balaban J connectivity index is 1.91. The maximum atomic E-state index is 13.1. The van der Waals surface area contributed by atoms with Gasteiger partial charge in [-0.15, -0.1) is 0 Å². The lowest BCUT2D eigenvalue weighted by Crippen LogP contribution is -2.49. The molecule has 0 bridgehead atoms. The van der Waals surface area contributed by atoms with Gasteiger partial charge in [0.05, 0.1) is 5.56 Å². The molecule has 8 heteroatoms. The van der Waals surface area contributed by atoms with E-state index < -0.39 is 11.7 Å². The minimum Gasteiger partial charge on any atom is -0.353 e. The van der Waals surface area contributed by atoms with E-state index in [1.807, 2.05) is 25.7 Å². The van der Waals surface area contributed by atoms with E-state index in [1.165, 1.54) is 6.07 Å². The molecule has 0 unspecified atom stereocenters. The standard InChI is InChI=1S/C22H27F3N4O/c1-4-7-19(30)28-10-12-29(13-11-28)21-18(5-2)15(3)26-20(27-21)16-8-6-9-17(14-16)22(23,24)25/h6,8-9,14H,4-5,7,10-13H2,1-3H3. The molecule has 1 amide bonds. The molecule has 1 saturated heterocycles. The highest BCUT2D eigenvalue weighted by Gasteiger charge is 2.31. The summed E-state index contributed by atoms with van der Waals surface area (Å²) in [5.41, 5.74) is 1.37. The smallest absolute Gasteiger partial charge is 0.353 e. The summed E-state index contributed by atoms with van der Waals surface area (Å²) in [5, 5.41) is 0. The van der Waals surface area contributed by atoms with Gasteiger partial charge < -0.3 is 9.80 Å². The van der Waals surface area contributed by atoms with Crippen molar-refractivity contribution in [3.63, 3.8) is 0 Å². The van der Waals surface area contributed by atoms with Gasteiger partial charge in [-0.25, -0.2) is 9.97 Å². The minimum absolute atomic E-state index is 0.163. The van der Waals surface area contributed by atoms with Gasteiger partial charge in [0.25, 0.3) is 0 Å². The fourth-order valence-electron chi connectivity index (χ4n) is 3.76. The second-order valence-electron chi connectivity index (χ2n) is 7.48. The number of hydrogen-bond donors (Lipinski definition) is 0. The molecule has 0 radical (unpaired) electrons. The number of piperazine rings is 1. The number of halogens is 3. The van der Waals surface area contributed by atoms with Crippen molar-refractivity contribution >= 4 is 11.7 Å². The number of carbonyl (C=O) groups excluding carboxylic acids is 1. The molecule has 1 aromatic carbocycles. The molecule has 0 saturated carbocycles. The Kier molecular flexibility index (Phi) is 6.63. The van der Waals surface area contributed by atoms with Crippen LogP contribution in [0.1, 0.15) is 43.5 Å². The van der Waals surface area contributed by atoms with Crippen molar-refractivity contribution in [1.29, 1.82) is 0 Å². The largest absolute Gasteiger partial charge is 0.416 e. The van der Waals surface area contributed by atoms with Crippen LogP contribution in [0.25, 0.3) is 11.4 Å². The van der Waals surface area contributed by atoms with E-state index in [1.54, 1.807) is 6.07 Å². The number of amides is 1. The first-order valence-electron chi connectivity index (χ1n) is 10.3. The first kappa shape index (κ1) is 22.1. The molecule has 0 aliphatic carbocycles. The maximum absolute atomic E-state index is 13.1. The van der Waals surface area contributed by atoms with E-state index >= 15 is 0 Å². The average Bonchev–Trinajstić information content (AvgIpc) is 2.73. The number of alkyl halides is 3. The second kappa shape index (κ2) is 9.02. The van der Waals surface area contributed by atoms with Gasteiger partial charge in [-0.3, -0.25) is 4.79 Å². The first-order valence-corrected chi connectivity index (χ1v) is 10.3. The molecule has 0 spiro atoms. The topological polar surface area (TPSA) is 49.3 Å². The van der Waals surface area contributed by atoms with Crippen LogP contribution in [0.5, 0.6) is 0 Å². The van der Waals surface area contributed by atoms with E-state index in [0.717, 1.165) is 42.0 Å². The van der Waals surface area contributed by atoms with Crippen LogP contribution in [0.3, 0.4) is 0 Å². The van der Waals surface area contributed by atoms with Gasteiger partial charge in [-0.1, -0.05) is 26.0 Å². The maximum Gasteiger partial charge on any atom is 0.416 e. The number of benzene rings is 1. The lowest BCUT2D eigenvalue weighted by Gasteiger charge is -2.36. The lowest BCUT2D eigenvalue weighted by molar-refractivity contribution is -0.137. The van der Waals surface area contributed by atoms with Crippen molar-refractivity contribution in [3.8, 4) is 11.4 Å². The van der Waals surface area contributed by atoms with E-state index in [4.69, 9.17) is 0 Å². The first-order chi connectivity index (χ1) is 14.2. The molecule has 3 rings (SSSR count). The van der Waals surface area contributed by atoms with Crippen molar-refractivity contribution in [1.82, 2.24) is 14.9 Å². The molecule has 5 nitrogen and oxygen atoms in total. The van der Waals surface area contributed by atoms with Crippen LogP contribution < -0.4 is 4.90 Å². The number of anilines is 1. The fourth-order valence-corrected chi connectivity index (χ4v) is 3.76. The number of rotatable bonds is 5. The summed E-state index contributed by atoms with van der Waals surface area (Å²) in [6.07, 6.45) is -2.32. The van der Waals surface area contributed by atoms with Crippen molar-refractivity contribution in [2.75, 3.05) is 31.1 Å². The minimum atomic E-state index is -4.42. The zero-order valence-electron chi connectivity index (χ0n) is 17.6. The summed E-state index contributed by atoms with van der Waals surface area (Å²) >= 11 is 0. The van der Waals surface area contributed by atoms with Gasteiger partial charge in [-0.05, 0) is 31.9 Å². The van der Waals surface area contributed by atoms with Crippen LogP contribution in [0.15, 0.2) is 24.3 Å². The van der Waals surface area contributed by atoms with Gasteiger partial charge in [0.1, 0.15) is 5.82 Å². The van der Waals surface area contributed by atoms with Gasteiger partial charge in [-0.2, -0.15) is 13.2 Å². The van der Waals surface area contributed by atoms with Crippen molar-refractivity contribution in [2.24, 2.45) is 0 Å². The predicted octanol–water partition coefficient (Wildman–Crippen LogP) is 4.48. The van der Waals surface area contributed by atoms with Crippen LogP contribution in [0.2, 0.25) is 0 Å². The fraction of sp³-hybridized carbons (Fsp3) is 0.500. The van der Waals surface area contributed by atoms with E-state index in [2.05, 4.69) is 14.9 Å². The van der Waals surface area contributed by atoms with Crippen LogP contribution in [-0.2, 0) is 17.4 Å². The summed E-state index contributed by atoms with van der Waals surface area (Å²) < 4.78 is 39.4. The Hall–Kier alpha value is -2.64. The molecule has 162 valence electrons. The third-order valence-electron chi connectivity index (χ3n) is 5.39. The molecule has 1 aliphatic heterocycles. The second-order valence-corrected chi connectivity index (χ2v) is 7.48. The van der Waals surface area contributed by atoms with Crippen LogP contribution in [-0.4, -0.2) is 47.0 Å². The Bertz CT molecular complexity index is 906. The zero-order chi connectivity index (χ0) is 21.9. The Labute approximate surface area is 174 Å². The van der Waals surface area contributed by atoms with Crippen LogP contribution in [0.4, 0.5) is 19.0 Å². The number of carbonyl (C=O) groups is 1. The summed E-state index contributed by atoms with van der Waals surface area (Å²) in [4.78, 5) is 25.3. The predicted molar refractivity (Wildman–Crippen MR) is 110 cm³/mol. The van der Waals surface area contributed by atoms with E-state index in [9.17, 15) is 18.0 Å². The molecule has 1 fully saturated rings. The van der Waals surface area contributed by atoms with Gasteiger partial charge in [0.15, 0.2) is 5.82 Å². The monoisotopic (exact) mass is 420 g/mol. The number of nitrogens with zero attached hydrogens (tertiary/aromatic N) is 4. The van der Waals surface area contributed by atoms with E-state index in [0.29, 0.717) is 38.2 Å². The van der Waals surface area contributed by atoms with Crippen LogP contribution >= 0.6 is 0 Å². The third-order valence-corrected chi connectivity index (χ3v) is 5.39. The summed E-state index contributed by atoms with van der Waals surface area (Å²) in [6.45, 7) is 8.37. The van der Waals surface area contributed by atoms with Crippen molar-refractivity contribution in [2.45, 2.75) is 46.2 Å². The highest BCUT2D eigenvalue weighted by atomic mass is 19.4. The Morgan fingerprint density at radius 3 is 2.40 bits per heavy atom. The molecule has 2 heterocycles. The molecule has 0 atom stereocenters. The van der Waals surface area contributed by atoms with Gasteiger partial charge in [0, 0.05) is 49.4 Å². The molecular formula is C22H27F3N4O. The zero-order valence-corrected chi connectivity index (χ0v) is 17.6. The molecule has 0 N–H and O–H groups in total. The molecular weight excluding hydrogens is 393 g/mol. The normalized spacial score (nSPS) is 14.9. The lowest BCUT2D eigenvalue weighted by atomic mass is 10.1. The summed E-state index contributed by atoms with van der Waals surface area (Å²) in [7, 11) is 0. The van der Waals surface area contributed by atoms with Crippen LogP contribution in [0, 0.1) is 6.92 Å². The molecule has 1 aliphatic rings. The molecule has 30 heavy (non-hydrogen) atoms. The Morgan fingerprint density at radius 2 is 1.80 bits per heavy atom. The summed E-state index contributed by atoms with van der Waals surface area (Å²) in [5.74, 6) is 1.20. The van der Waals surface area contributed by atoms with Crippen molar-refractivity contribution in [3.05, 3.63) is 41.1 Å². The van der Waals surface area contributed by atoms with E-state index in [-0.39, 0.29) is 11.7 Å². The summed E-state index contributed by atoms with van der Waals surface area (Å²) in [6, 6.07) is 5.11. The number of aryl methyl sites for hydroxylation is 1. The third kappa shape index (κ3) is 4.74. The SMILES string of the molecule is CCCC(=O)N1CCN(c2nc(-c3cccc(C(F)(F)F)c3)nc(C)c2CC)CC1. The number of hydrogen-bond acceptors (Lipinski definition) is 4. The highest BCUT2D eigenvalue weighted by molar-refractivity contribution is 5.76. The highest BCUT2D eigenvalue weighted by Crippen LogP contribution is 2.32. The Morgan fingerprint density at radius 1 is 1.10 bits per heavy atom. The molecule has 1 aromatic heterocycles. The molecule has 2 aromatic rings. The van der Waals surface area contributed by atoms with Gasteiger partial charge in [0.2, 0.25) is 5.91 Å². The quantitative estimate of drug-likeness (QED) is 0.716. The van der Waals surface area contributed by atoms with Gasteiger partial charge >= 0.3 is 6.18 Å².